The topological polar surface area (TPSA) is 20.2 Å². The molecule has 1 N–H and O–H groups in total. The Bertz CT molecular complexity index is 584. The molecule has 0 aliphatic rings. The van der Waals surface area contributed by atoms with Crippen LogP contribution in [0.4, 0.5) is 8.78 Å². The molecule has 0 heterocycles. The van der Waals surface area contributed by atoms with Gasteiger partial charge in [-0.05, 0) is 41.5 Å². The summed E-state index contributed by atoms with van der Waals surface area (Å²) >= 11 is 9.05. The van der Waals surface area contributed by atoms with Crippen LogP contribution in [0, 0.1) is 11.6 Å². The summed E-state index contributed by atoms with van der Waals surface area (Å²) in [5.74, 6) is -0.870. The highest BCUT2D eigenvalue weighted by Crippen LogP contribution is 2.26. The highest BCUT2D eigenvalue weighted by atomic mass is 79.9. The smallest absolute Gasteiger partial charge is 0.124 e. The van der Waals surface area contributed by atoms with Crippen molar-refractivity contribution in [2.75, 3.05) is 0 Å². The minimum Gasteiger partial charge on any atom is -0.388 e. The van der Waals surface area contributed by atoms with Crippen LogP contribution in [-0.4, -0.2) is 5.11 Å². The first-order chi connectivity index (χ1) is 8.95. The van der Waals surface area contributed by atoms with Crippen LogP contribution in [0.5, 0.6) is 0 Å². The second-order valence-corrected chi connectivity index (χ2v) is 5.48. The van der Waals surface area contributed by atoms with Gasteiger partial charge in [0.15, 0.2) is 0 Å². The minimum atomic E-state index is -0.907. The van der Waals surface area contributed by atoms with Crippen LogP contribution in [0.25, 0.3) is 0 Å². The lowest BCUT2D eigenvalue weighted by Crippen LogP contribution is -2.03. The van der Waals surface area contributed by atoms with Crippen LogP contribution in [-0.2, 0) is 6.42 Å². The van der Waals surface area contributed by atoms with Gasteiger partial charge in [0.25, 0.3) is 0 Å². The number of aliphatic hydroxyl groups excluding tert-OH is 1. The average Bonchev–Trinajstić information content (AvgIpc) is 2.31. The van der Waals surface area contributed by atoms with E-state index in [-0.39, 0.29) is 11.4 Å². The summed E-state index contributed by atoms with van der Waals surface area (Å²) in [6.45, 7) is 0. The maximum atomic E-state index is 13.2. The summed E-state index contributed by atoms with van der Waals surface area (Å²) in [6, 6.07) is 8.16. The summed E-state index contributed by atoms with van der Waals surface area (Å²) in [4.78, 5) is 0. The monoisotopic (exact) mass is 346 g/mol. The van der Waals surface area contributed by atoms with E-state index >= 15 is 0 Å². The third-order valence-corrected chi connectivity index (χ3v) is 3.51. The summed E-state index contributed by atoms with van der Waals surface area (Å²) in [6.07, 6.45) is -0.718. The fourth-order valence-corrected chi connectivity index (χ4v) is 2.51. The molecule has 0 saturated heterocycles. The highest BCUT2D eigenvalue weighted by molar-refractivity contribution is 9.10. The van der Waals surface area contributed by atoms with E-state index in [2.05, 4.69) is 15.9 Å². The molecule has 1 unspecified atom stereocenters. The zero-order valence-electron chi connectivity index (χ0n) is 9.71. The van der Waals surface area contributed by atoms with Gasteiger partial charge in [0.1, 0.15) is 11.6 Å². The Morgan fingerprint density at radius 1 is 1.11 bits per heavy atom. The number of rotatable bonds is 3. The van der Waals surface area contributed by atoms with Crippen molar-refractivity contribution in [3.63, 3.8) is 0 Å². The van der Waals surface area contributed by atoms with Crippen LogP contribution in [0.1, 0.15) is 17.2 Å². The van der Waals surface area contributed by atoms with Crippen molar-refractivity contribution < 1.29 is 13.9 Å². The molecule has 0 bridgehead atoms. The molecule has 0 radical (unpaired) electrons. The van der Waals surface area contributed by atoms with E-state index in [0.29, 0.717) is 15.6 Å². The third kappa shape index (κ3) is 3.75. The fourth-order valence-electron chi connectivity index (χ4n) is 1.78. The predicted octanol–water partition coefficient (Wildman–Crippen LogP) is 4.66. The summed E-state index contributed by atoms with van der Waals surface area (Å²) in [5.41, 5.74) is 1.04. The Labute approximate surface area is 123 Å². The maximum absolute atomic E-state index is 13.2. The summed E-state index contributed by atoms with van der Waals surface area (Å²) in [5, 5.41) is 10.3. The van der Waals surface area contributed by atoms with E-state index in [1.807, 2.05) is 0 Å². The first-order valence-corrected chi connectivity index (χ1v) is 6.71. The lowest BCUT2D eigenvalue weighted by Gasteiger charge is -2.13. The van der Waals surface area contributed by atoms with E-state index in [0.717, 1.165) is 0 Å². The minimum absolute atomic E-state index is 0.189. The van der Waals surface area contributed by atoms with Gasteiger partial charge >= 0.3 is 0 Å². The Morgan fingerprint density at radius 3 is 2.47 bits per heavy atom. The van der Waals surface area contributed by atoms with Crippen molar-refractivity contribution >= 4 is 27.5 Å². The number of hydrogen-bond donors (Lipinski definition) is 1. The fraction of sp³-hybridized carbons (Fsp3) is 0.143. The lowest BCUT2D eigenvalue weighted by molar-refractivity contribution is 0.178. The molecular weight excluding hydrogens is 338 g/mol. The molecule has 0 aliphatic heterocycles. The first-order valence-electron chi connectivity index (χ1n) is 5.53. The van der Waals surface area contributed by atoms with Crippen LogP contribution in [0.15, 0.2) is 40.9 Å². The number of aliphatic hydroxyl groups is 1. The van der Waals surface area contributed by atoms with Gasteiger partial charge in [-0.1, -0.05) is 33.6 Å². The summed E-state index contributed by atoms with van der Waals surface area (Å²) in [7, 11) is 0. The van der Waals surface area contributed by atoms with Crippen molar-refractivity contribution in [2.45, 2.75) is 12.5 Å². The Hall–Kier alpha value is -0.970. The molecule has 0 amide bonds. The number of halogens is 4. The van der Waals surface area contributed by atoms with Crippen molar-refractivity contribution in [2.24, 2.45) is 0 Å². The van der Waals surface area contributed by atoms with Gasteiger partial charge < -0.3 is 5.11 Å². The van der Waals surface area contributed by atoms with E-state index < -0.39 is 17.7 Å². The lowest BCUT2D eigenvalue weighted by atomic mass is 10.0. The Kier molecular flexibility index (Phi) is 4.55. The van der Waals surface area contributed by atoms with Crippen molar-refractivity contribution in [3.05, 3.63) is 68.7 Å². The molecule has 2 aromatic rings. The molecule has 0 saturated carbocycles. The van der Waals surface area contributed by atoms with Crippen molar-refractivity contribution in [3.8, 4) is 0 Å². The second kappa shape index (κ2) is 5.99. The molecule has 1 nitrogen and oxygen atoms in total. The van der Waals surface area contributed by atoms with Crippen LogP contribution >= 0.6 is 27.5 Å². The zero-order chi connectivity index (χ0) is 14.0. The zero-order valence-corrected chi connectivity index (χ0v) is 12.0. The quantitative estimate of drug-likeness (QED) is 0.856. The molecule has 5 heteroatoms. The van der Waals surface area contributed by atoms with E-state index in [9.17, 15) is 13.9 Å². The molecule has 0 aliphatic carbocycles. The molecule has 1 atom stereocenters. The van der Waals surface area contributed by atoms with Gasteiger partial charge in [-0.2, -0.15) is 0 Å². The number of hydrogen-bond acceptors (Lipinski definition) is 1. The third-order valence-electron chi connectivity index (χ3n) is 2.70. The molecule has 2 aromatic carbocycles. The Balaban J connectivity index is 2.22. The molecular formula is C14H10BrClF2O. The van der Waals surface area contributed by atoms with E-state index in [4.69, 9.17) is 11.6 Å². The normalized spacial score (nSPS) is 12.5. The largest absolute Gasteiger partial charge is 0.388 e. The van der Waals surface area contributed by atoms with Gasteiger partial charge in [0.2, 0.25) is 0 Å². The van der Waals surface area contributed by atoms with Gasteiger partial charge in [-0.15, -0.1) is 0 Å². The molecule has 0 aromatic heterocycles. The molecule has 2 rings (SSSR count). The van der Waals surface area contributed by atoms with E-state index in [1.165, 1.54) is 30.3 Å². The highest BCUT2D eigenvalue weighted by Gasteiger charge is 2.13. The van der Waals surface area contributed by atoms with Gasteiger partial charge in [-0.25, -0.2) is 8.78 Å². The van der Waals surface area contributed by atoms with E-state index in [1.54, 1.807) is 6.07 Å². The predicted molar refractivity (Wildman–Crippen MR) is 74.2 cm³/mol. The molecule has 100 valence electrons. The summed E-state index contributed by atoms with van der Waals surface area (Å²) < 4.78 is 26.7. The standard InChI is InChI=1S/C14H10BrClF2O/c15-10-3-9(4-12(18)6-10)14(19)5-8-1-2-11(17)7-13(8)16/h1-4,6-7,14,19H,5H2. The molecule has 0 spiro atoms. The SMILES string of the molecule is OC(Cc1ccc(F)cc1Cl)c1cc(F)cc(Br)c1. The van der Waals surface area contributed by atoms with Crippen molar-refractivity contribution in [1.82, 2.24) is 0 Å². The molecule has 0 fully saturated rings. The molecule has 19 heavy (non-hydrogen) atoms. The van der Waals surface area contributed by atoms with Crippen LogP contribution < -0.4 is 0 Å². The van der Waals surface area contributed by atoms with Crippen LogP contribution in [0.2, 0.25) is 5.02 Å². The van der Waals surface area contributed by atoms with Crippen molar-refractivity contribution in [1.29, 1.82) is 0 Å². The average molecular weight is 348 g/mol. The van der Waals surface area contributed by atoms with Crippen LogP contribution in [0.3, 0.4) is 0 Å². The maximum Gasteiger partial charge on any atom is 0.124 e. The van der Waals surface area contributed by atoms with Gasteiger partial charge in [0.05, 0.1) is 6.10 Å². The second-order valence-electron chi connectivity index (χ2n) is 4.16. The number of benzene rings is 2. The first kappa shape index (κ1) is 14.4. The Morgan fingerprint density at radius 2 is 1.84 bits per heavy atom. The van der Waals surface area contributed by atoms with Gasteiger partial charge in [0, 0.05) is 15.9 Å². The van der Waals surface area contributed by atoms with Gasteiger partial charge in [-0.3, -0.25) is 0 Å².